The minimum atomic E-state index is 0.834. The molecule has 21 heavy (non-hydrogen) atoms. The molecule has 1 saturated heterocycles. The Morgan fingerprint density at radius 1 is 1.19 bits per heavy atom. The first-order valence-corrected chi connectivity index (χ1v) is 7.70. The summed E-state index contributed by atoms with van der Waals surface area (Å²) in [6, 6.07) is 6.84. The molecule has 0 aliphatic carbocycles. The third-order valence-electron chi connectivity index (χ3n) is 4.26. The van der Waals surface area contributed by atoms with Crippen LogP contribution < -0.4 is 4.90 Å². The zero-order chi connectivity index (χ0) is 14.8. The first-order valence-electron chi connectivity index (χ1n) is 7.70. The number of benzene rings is 1. The molecule has 114 valence electrons. The molecule has 1 aromatic carbocycles. The van der Waals surface area contributed by atoms with Gasteiger partial charge < -0.3 is 19.1 Å². The van der Waals surface area contributed by atoms with Gasteiger partial charge in [0, 0.05) is 49.5 Å². The normalized spacial score (nSPS) is 16.1. The molecule has 0 unspecified atom stereocenters. The number of fused-ring (bicyclic) bond motifs is 1. The van der Waals surface area contributed by atoms with E-state index in [0.717, 1.165) is 39.3 Å². The molecule has 1 fully saturated rings. The molecule has 2 aromatic rings. The van der Waals surface area contributed by atoms with Crippen molar-refractivity contribution in [1.29, 1.82) is 0 Å². The summed E-state index contributed by atoms with van der Waals surface area (Å²) in [6.45, 7) is 4.73. The van der Waals surface area contributed by atoms with Gasteiger partial charge in [-0.1, -0.05) is 0 Å². The van der Waals surface area contributed by atoms with E-state index in [1.54, 1.807) is 0 Å². The third kappa shape index (κ3) is 3.06. The molecular weight excluding hydrogens is 262 g/mol. The molecule has 0 atom stereocenters. The highest BCUT2D eigenvalue weighted by molar-refractivity contribution is 5.87. The van der Waals surface area contributed by atoms with Gasteiger partial charge in [-0.2, -0.15) is 0 Å². The minimum absolute atomic E-state index is 0.834. The summed E-state index contributed by atoms with van der Waals surface area (Å²) in [5.74, 6) is 0. The lowest BCUT2D eigenvalue weighted by atomic mass is 10.1. The van der Waals surface area contributed by atoms with Gasteiger partial charge in [-0.15, -0.1) is 0 Å². The second-order valence-electron chi connectivity index (χ2n) is 6.12. The van der Waals surface area contributed by atoms with Crippen LogP contribution >= 0.6 is 0 Å². The maximum Gasteiger partial charge on any atom is 0.0642 e. The Kier molecular flexibility index (Phi) is 4.17. The maximum atomic E-state index is 5.45. The van der Waals surface area contributed by atoms with Crippen LogP contribution in [0.3, 0.4) is 0 Å². The molecule has 3 rings (SSSR count). The minimum Gasteiger partial charge on any atom is -0.378 e. The molecule has 0 saturated carbocycles. The average Bonchev–Trinajstić information content (AvgIpc) is 2.82. The first kappa shape index (κ1) is 14.4. The van der Waals surface area contributed by atoms with E-state index in [1.807, 2.05) is 0 Å². The van der Waals surface area contributed by atoms with Gasteiger partial charge in [-0.3, -0.25) is 0 Å². The van der Waals surface area contributed by atoms with Gasteiger partial charge in [-0.05, 0) is 44.3 Å². The number of hydrogen-bond donors (Lipinski definition) is 0. The van der Waals surface area contributed by atoms with Crippen molar-refractivity contribution in [2.24, 2.45) is 7.05 Å². The molecule has 2 heterocycles. The largest absolute Gasteiger partial charge is 0.378 e. The summed E-state index contributed by atoms with van der Waals surface area (Å²) in [4.78, 5) is 4.66. The van der Waals surface area contributed by atoms with Gasteiger partial charge in [0.25, 0.3) is 0 Å². The lowest BCUT2D eigenvalue weighted by Crippen LogP contribution is -2.36. The van der Waals surface area contributed by atoms with Gasteiger partial charge in [0.2, 0.25) is 0 Å². The highest BCUT2D eigenvalue weighted by atomic mass is 16.5. The number of aryl methyl sites for hydroxylation is 1. The van der Waals surface area contributed by atoms with E-state index in [-0.39, 0.29) is 0 Å². The highest BCUT2D eigenvalue weighted by Crippen LogP contribution is 2.27. The van der Waals surface area contributed by atoms with E-state index in [0.29, 0.717) is 0 Å². The number of hydrogen-bond acceptors (Lipinski definition) is 3. The smallest absolute Gasteiger partial charge is 0.0642 e. The van der Waals surface area contributed by atoms with Crippen LogP contribution in [-0.2, 0) is 18.2 Å². The zero-order valence-corrected chi connectivity index (χ0v) is 13.3. The van der Waals surface area contributed by atoms with Crippen molar-refractivity contribution >= 4 is 16.6 Å². The fourth-order valence-electron chi connectivity index (χ4n) is 3.02. The second kappa shape index (κ2) is 6.08. The topological polar surface area (TPSA) is 20.6 Å². The van der Waals surface area contributed by atoms with Crippen LogP contribution in [0, 0.1) is 0 Å². The van der Waals surface area contributed by atoms with Gasteiger partial charge in [0.05, 0.1) is 13.2 Å². The molecule has 0 spiro atoms. The molecule has 4 heteroatoms. The Labute approximate surface area is 126 Å². The lowest BCUT2D eigenvalue weighted by molar-refractivity contribution is 0.122. The number of morpholine rings is 1. The van der Waals surface area contributed by atoms with Crippen LogP contribution in [0.2, 0.25) is 0 Å². The Morgan fingerprint density at radius 2 is 1.95 bits per heavy atom. The molecule has 0 radical (unpaired) electrons. The summed E-state index contributed by atoms with van der Waals surface area (Å²) in [6.07, 6.45) is 3.37. The number of rotatable bonds is 4. The van der Waals surface area contributed by atoms with Crippen molar-refractivity contribution in [3.63, 3.8) is 0 Å². The van der Waals surface area contributed by atoms with Crippen LogP contribution in [0.4, 0.5) is 5.69 Å². The van der Waals surface area contributed by atoms with Gasteiger partial charge in [0.15, 0.2) is 0 Å². The van der Waals surface area contributed by atoms with Crippen LogP contribution in [0.15, 0.2) is 24.4 Å². The van der Waals surface area contributed by atoms with E-state index < -0.39 is 0 Å². The quantitative estimate of drug-likeness (QED) is 0.859. The standard InChI is InChI=1S/C17H25N3O/c1-18(2)7-6-14-13-19(3)17-5-4-15(12-16(14)17)20-8-10-21-11-9-20/h4-5,12-13H,6-11H2,1-3H3. The first-order chi connectivity index (χ1) is 10.1. The molecule has 0 amide bonds. The number of aromatic nitrogens is 1. The van der Waals surface area contributed by atoms with Crippen molar-refractivity contribution in [3.8, 4) is 0 Å². The monoisotopic (exact) mass is 287 g/mol. The van der Waals surface area contributed by atoms with Crippen molar-refractivity contribution in [1.82, 2.24) is 9.47 Å². The SMILES string of the molecule is CN(C)CCc1cn(C)c2ccc(N3CCOCC3)cc12. The Morgan fingerprint density at radius 3 is 2.67 bits per heavy atom. The average molecular weight is 287 g/mol. The molecule has 0 bridgehead atoms. The second-order valence-corrected chi connectivity index (χ2v) is 6.12. The third-order valence-corrected chi connectivity index (χ3v) is 4.26. The zero-order valence-electron chi connectivity index (χ0n) is 13.3. The number of likely N-dealkylation sites (N-methyl/N-ethyl adjacent to an activating group) is 1. The molecular formula is C17H25N3O. The predicted octanol–water partition coefficient (Wildman–Crippen LogP) is 2.12. The van der Waals surface area contributed by atoms with Crippen LogP contribution in [0.5, 0.6) is 0 Å². The number of anilines is 1. The number of nitrogens with zero attached hydrogens (tertiary/aromatic N) is 3. The van der Waals surface area contributed by atoms with Crippen LogP contribution in [0.25, 0.3) is 10.9 Å². The van der Waals surface area contributed by atoms with E-state index in [2.05, 4.69) is 59.9 Å². The molecule has 0 N–H and O–H groups in total. The van der Waals surface area contributed by atoms with Crippen molar-refractivity contribution in [2.75, 3.05) is 51.8 Å². The van der Waals surface area contributed by atoms with E-state index in [1.165, 1.54) is 22.2 Å². The molecule has 4 nitrogen and oxygen atoms in total. The summed E-state index contributed by atoms with van der Waals surface area (Å²) in [7, 11) is 6.39. The van der Waals surface area contributed by atoms with Crippen LogP contribution in [0.1, 0.15) is 5.56 Å². The van der Waals surface area contributed by atoms with Crippen molar-refractivity contribution in [3.05, 3.63) is 30.0 Å². The van der Waals surface area contributed by atoms with E-state index >= 15 is 0 Å². The highest BCUT2D eigenvalue weighted by Gasteiger charge is 2.14. The summed E-state index contributed by atoms with van der Waals surface area (Å²) >= 11 is 0. The van der Waals surface area contributed by atoms with Crippen LogP contribution in [-0.4, -0.2) is 56.4 Å². The Bertz CT molecular complexity index is 612. The Hall–Kier alpha value is -1.52. The van der Waals surface area contributed by atoms with Crippen molar-refractivity contribution in [2.45, 2.75) is 6.42 Å². The van der Waals surface area contributed by atoms with Gasteiger partial charge in [0.1, 0.15) is 0 Å². The van der Waals surface area contributed by atoms with Gasteiger partial charge >= 0.3 is 0 Å². The predicted molar refractivity (Wildman–Crippen MR) is 88.2 cm³/mol. The fraction of sp³-hybridized carbons (Fsp3) is 0.529. The molecule has 1 aliphatic rings. The number of ether oxygens (including phenoxy) is 1. The van der Waals surface area contributed by atoms with Crippen molar-refractivity contribution < 1.29 is 4.74 Å². The van der Waals surface area contributed by atoms with E-state index in [4.69, 9.17) is 4.74 Å². The summed E-state index contributed by atoms with van der Waals surface area (Å²) in [5, 5.41) is 1.39. The molecule has 1 aromatic heterocycles. The van der Waals surface area contributed by atoms with E-state index in [9.17, 15) is 0 Å². The lowest BCUT2D eigenvalue weighted by Gasteiger charge is -2.29. The molecule has 1 aliphatic heterocycles. The maximum absolute atomic E-state index is 5.45. The Balaban J connectivity index is 1.92. The summed E-state index contributed by atoms with van der Waals surface area (Å²) < 4.78 is 7.69. The summed E-state index contributed by atoms with van der Waals surface area (Å²) in [5.41, 5.74) is 4.08. The van der Waals surface area contributed by atoms with Gasteiger partial charge in [-0.25, -0.2) is 0 Å². The fourth-order valence-corrected chi connectivity index (χ4v) is 3.02.